The Labute approximate surface area is 121 Å². The molecule has 1 saturated carbocycles. The monoisotopic (exact) mass is 329 g/mol. The third-order valence-electron chi connectivity index (χ3n) is 3.30. The van der Waals surface area contributed by atoms with E-state index in [1.54, 1.807) is 11.3 Å². The summed E-state index contributed by atoms with van der Waals surface area (Å²) < 4.78 is 1.20. The lowest BCUT2D eigenvalue weighted by atomic mass is 9.85. The van der Waals surface area contributed by atoms with Gasteiger partial charge in [0, 0.05) is 25.0 Å². The number of thiophene rings is 1. The predicted molar refractivity (Wildman–Crippen MR) is 82.4 cm³/mol. The molecule has 0 saturated heterocycles. The minimum Gasteiger partial charge on any atom is -0.356 e. The first-order valence-electron chi connectivity index (χ1n) is 6.46. The van der Waals surface area contributed by atoms with Gasteiger partial charge in [0.2, 0.25) is 0 Å². The van der Waals surface area contributed by atoms with Crippen molar-refractivity contribution < 1.29 is 0 Å². The molecule has 1 heterocycles. The SMILES string of the molecule is CN=C(NCCc1ccc(Br)s1)NCC1CCC1. The third kappa shape index (κ3) is 4.28. The Balaban J connectivity index is 1.64. The molecule has 1 aromatic heterocycles. The minimum absolute atomic E-state index is 0.858. The molecule has 1 aromatic rings. The van der Waals surface area contributed by atoms with Crippen molar-refractivity contribution in [1.29, 1.82) is 0 Å². The lowest BCUT2D eigenvalue weighted by Gasteiger charge is -2.26. The first-order chi connectivity index (χ1) is 8.78. The van der Waals surface area contributed by atoms with Crippen molar-refractivity contribution in [2.45, 2.75) is 25.7 Å². The molecular weight excluding hydrogens is 310 g/mol. The van der Waals surface area contributed by atoms with Gasteiger partial charge in [0.1, 0.15) is 0 Å². The largest absolute Gasteiger partial charge is 0.356 e. The van der Waals surface area contributed by atoms with Crippen molar-refractivity contribution in [2.24, 2.45) is 10.9 Å². The lowest BCUT2D eigenvalue weighted by molar-refractivity contribution is 0.314. The molecule has 0 unspecified atom stereocenters. The van der Waals surface area contributed by atoms with E-state index in [0.717, 1.165) is 31.4 Å². The zero-order chi connectivity index (χ0) is 12.8. The summed E-state index contributed by atoms with van der Waals surface area (Å²) >= 11 is 5.28. The fourth-order valence-electron chi connectivity index (χ4n) is 1.95. The quantitative estimate of drug-likeness (QED) is 0.643. The summed E-state index contributed by atoms with van der Waals surface area (Å²) in [5, 5.41) is 6.76. The smallest absolute Gasteiger partial charge is 0.190 e. The molecule has 1 aliphatic rings. The first kappa shape index (κ1) is 13.9. The summed E-state index contributed by atoms with van der Waals surface area (Å²) in [4.78, 5) is 5.64. The molecule has 2 N–H and O–H groups in total. The van der Waals surface area contributed by atoms with Crippen LogP contribution in [0.2, 0.25) is 0 Å². The van der Waals surface area contributed by atoms with Gasteiger partial charge in [-0.05, 0) is 53.2 Å². The topological polar surface area (TPSA) is 36.4 Å². The van der Waals surface area contributed by atoms with Crippen molar-refractivity contribution in [3.05, 3.63) is 20.8 Å². The molecular formula is C13H20BrN3S. The highest BCUT2D eigenvalue weighted by molar-refractivity contribution is 9.11. The fraction of sp³-hybridized carbons (Fsp3) is 0.615. The fourth-order valence-corrected chi connectivity index (χ4v) is 3.43. The third-order valence-corrected chi connectivity index (χ3v) is 4.98. The van der Waals surface area contributed by atoms with Crippen LogP contribution in [0.1, 0.15) is 24.1 Å². The molecule has 5 heteroatoms. The molecule has 0 bridgehead atoms. The van der Waals surface area contributed by atoms with Gasteiger partial charge in [0.25, 0.3) is 0 Å². The van der Waals surface area contributed by atoms with Gasteiger partial charge in [0.05, 0.1) is 3.79 Å². The Morgan fingerprint density at radius 2 is 2.28 bits per heavy atom. The van der Waals surface area contributed by atoms with Gasteiger partial charge in [-0.3, -0.25) is 4.99 Å². The number of halogens is 1. The van der Waals surface area contributed by atoms with Gasteiger partial charge in [-0.1, -0.05) is 6.42 Å². The maximum Gasteiger partial charge on any atom is 0.190 e. The molecule has 18 heavy (non-hydrogen) atoms. The molecule has 0 amide bonds. The van der Waals surface area contributed by atoms with E-state index in [4.69, 9.17) is 0 Å². The van der Waals surface area contributed by atoms with Gasteiger partial charge >= 0.3 is 0 Å². The Morgan fingerprint density at radius 1 is 1.44 bits per heavy atom. The van der Waals surface area contributed by atoms with Gasteiger partial charge in [0.15, 0.2) is 5.96 Å². The van der Waals surface area contributed by atoms with Crippen LogP contribution in [-0.4, -0.2) is 26.1 Å². The lowest BCUT2D eigenvalue weighted by Crippen LogP contribution is -2.41. The number of nitrogens with one attached hydrogen (secondary N) is 2. The van der Waals surface area contributed by atoms with Crippen molar-refractivity contribution >= 4 is 33.2 Å². The van der Waals surface area contributed by atoms with E-state index >= 15 is 0 Å². The first-order valence-corrected chi connectivity index (χ1v) is 8.07. The number of nitrogens with zero attached hydrogens (tertiary/aromatic N) is 1. The Kier molecular flexibility index (Phi) is 5.50. The summed E-state index contributed by atoms with van der Waals surface area (Å²) in [7, 11) is 1.83. The molecule has 2 rings (SSSR count). The molecule has 0 radical (unpaired) electrons. The van der Waals surface area contributed by atoms with Crippen LogP contribution in [-0.2, 0) is 6.42 Å². The molecule has 0 atom stereocenters. The van der Waals surface area contributed by atoms with E-state index in [0.29, 0.717) is 0 Å². The minimum atomic E-state index is 0.858. The summed E-state index contributed by atoms with van der Waals surface area (Å²) in [6.45, 7) is 1.99. The molecule has 0 aliphatic heterocycles. The molecule has 1 aliphatic carbocycles. The summed E-state index contributed by atoms with van der Waals surface area (Å²) in [5.74, 6) is 1.79. The maximum atomic E-state index is 4.24. The van der Waals surface area contributed by atoms with Crippen LogP contribution >= 0.6 is 27.3 Å². The van der Waals surface area contributed by atoms with Crippen LogP contribution in [0.5, 0.6) is 0 Å². The Morgan fingerprint density at radius 3 is 2.83 bits per heavy atom. The van der Waals surface area contributed by atoms with Gasteiger partial charge < -0.3 is 10.6 Å². The number of hydrogen-bond donors (Lipinski definition) is 2. The standard InChI is InChI=1S/C13H20BrN3S/c1-15-13(17-9-10-3-2-4-10)16-8-7-11-5-6-12(14)18-11/h5-6,10H,2-4,7-9H2,1H3,(H2,15,16,17). The van der Waals surface area contributed by atoms with E-state index in [1.807, 2.05) is 7.05 Å². The average molecular weight is 330 g/mol. The van der Waals surface area contributed by atoms with Crippen LogP contribution in [0, 0.1) is 5.92 Å². The van der Waals surface area contributed by atoms with Gasteiger partial charge in [-0.25, -0.2) is 0 Å². The summed E-state index contributed by atoms with van der Waals surface area (Å²) in [5.41, 5.74) is 0. The van der Waals surface area contributed by atoms with Gasteiger partial charge in [-0.15, -0.1) is 11.3 Å². The van der Waals surface area contributed by atoms with Gasteiger partial charge in [-0.2, -0.15) is 0 Å². The normalized spacial score (nSPS) is 16.4. The molecule has 0 spiro atoms. The number of rotatable bonds is 5. The average Bonchev–Trinajstić information content (AvgIpc) is 2.71. The van der Waals surface area contributed by atoms with E-state index in [2.05, 4.69) is 43.7 Å². The van der Waals surface area contributed by atoms with Crippen LogP contribution in [0.4, 0.5) is 0 Å². The zero-order valence-electron chi connectivity index (χ0n) is 10.7. The summed E-state index contributed by atoms with van der Waals surface area (Å²) in [6, 6.07) is 4.27. The van der Waals surface area contributed by atoms with Crippen molar-refractivity contribution in [3.8, 4) is 0 Å². The van der Waals surface area contributed by atoms with Crippen molar-refractivity contribution in [3.63, 3.8) is 0 Å². The second-order valence-corrected chi connectivity index (χ2v) is 7.18. The predicted octanol–water partition coefficient (Wildman–Crippen LogP) is 3.02. The van der Waals surface area contributed by atoms with E-state index in [-0.39, 0.29) is 0 Å². The second-order valence-electron chi connectivity index (χ2n) is 4.63. The van der Waals surface area contributed by atoms with E-state index < -0.39 is 0 Å². The van der Waals surface area contributed by atoms with Crippen LogP contribution < -0.4 is 10.6 Å². The van der Waals surface area contributed by atoms with Crippen LogP contribution in [0.25, 0.3) is 0 Å². The highest BCUT2D eigenvalue weighted by Gasteiger charge is 2.17. The Bertz CT molecular complexity index is 399. The molecule has 3 nitrogen and oxygen atoms in total. The molecule has 100 valence electrons. The summed E-state index contributed by atoms with van der Waals surface area (Å²) in [6.07, 6.45) is 5.17. The molecule has 0 aromatic carbocycles. The Hall–Kier alpha value is -0.550. The highest BCUT2D eigenvalue weighted by atomic mass is 79.9. The van der Waals surface area contributed by atoms with Crippen molar-refractivity contribution in [1.82, 2.24) is 10.6 Å². The van der Waals surface area contributed by atoms with E-state index in [9.17, 15) is 0 Å². The van der Waals surface area contributed by atoms with Crippen molar-refractivity contribution in [2.75, 3.05) is 20.1 Å². The van der Waals surface area contributed by atoms with Crippen LogP contribution in [0.15, 0.2) is 20.9 Å². The number of hydrogen-bond acceptors (Lipinski definition) is 2. The zero-order valence-corrected chi connectivity index (χ0v) is 13.1. The van der Waals surface area contributed by atoms with E-state index in [1.165, 1.54) is 27.9 Å². The van der Waals surface area contributed by atoms with Crippen LogP contribution in [0.3, 0.4) is 0 Å². The second kappa shape index (κ2) is 7.14. The molecule has 1 fully saturated rings. The maximum absolute atomic E-state index is 4.24. The highest BCUT2D eigenvalue weighted by Crippen LogP contribution is 2.25. The number of guanidine groups is 1. The number of aliphatic imine (C=N–C) groups is 1.